The van der Waals surface area contributed by atoms with Gasteiger partial charge < -0.3 is 19.9 Å². The van der Waals surface area contributed by atoms with Crippen LogP contribution in [-0.2, 0) is 4.79 Å². The normalized spacial score (nSPS) is 20.6. The van der Waals surface area contributed by atoms with Gasteiger partial charge in [0, 0.05) is 48.0 Å². The number of hydrogen-bond acceptors (Lipinski definition) is 3. The Hall–Kier alpha value is -2.64. The molecule has 5 rings (SSSR count). The Balaban J connectivity index is 1.21. The monoisotopic (exact) mass is 595 g/mol. The van der Waals surface area contributed by atoms with Crippen LogP contribution in [0.2, 0.25) is 16.4 Å². The smallest absolute Gasteiger partial charge is 0.225 e. The maximum atomic E-state index is 14.1. The molecule has 1 saturated heterocycles. The van der Waals surface area contributed by atoms with E-state index in [2.05, 4.69) is 27.9 Å². The Morgan fingerprint density at radius 3 is 2.51 bits per heavy atom. The number of anilines is 1. The molecule has 0 bridgehead atoms. The van der Waals surface area contributed by atoms with Gasteiger partial charge in [-0.05, 0) is 92.8 Å². The standard InChI is InChI=1S/C32H37BCl2FN3O2/c1-20(30-26(34)7-8-27(36)31(30)35)41-29-18-23(6-9-28(29)37)24-11-15-39(19-24)25-12-16-38(17-13-25)32(40)22-4-2-21(3-5-22)10-14-33/h6-9,11,15,18-22,25H,2-5,10,12-14,16-17,37H2,1H3. The first kappa shape index (κ1) is 29.8. The Morgan fingerprint density at radius 2 is 1.80 bits per heavy atom. The summed E-state index contributed by atoms with van der Waals surface area (Å²) >= 11 is 12.5. The van der Waals surface area contributed by atoms with Crippen molar-refractivity contribution < 1.29 is 13.9 Å². The summed E-state index contributed by atoms with van der Waals surface area (Å²) in [6, 6.07) is 10.8. The number of benzene rings is 2. The van der Waals surface area contributed by atoms with Crippen LogP contribution in [0.5, 0.6) is 5.75 Å². The Bertz CT molecular complexity index is 1370. The van der Waals surface area contributed by atoms with Crippen molar-refractivity contribution in [2.75, 3.05) is 18.8 Å². The van der Waals surface area contributed by atoms with E-state index in [0.717, 1.165) is 75.5 Å². The molecule has 2 radical (unpaired) electrons. The Kier molecular flexibility index (Phi) is 9.55. The quantitative estimate of drug-likeness (QED) is 0.162. The van der Waals surface area contributed by atoms with E-state index in [0.29, 0.717) is 39.9 Å². The van der Waals surface area contributed by atoms with Crippen molar-refractivity contribution in [2.45, 2.75) is 70.3 Å². The molecule has 2 N–H and O–H groups in total. The topological polar surface area (TPSA) is 60.5 Å². The van der Waals surface area contributed by atoms with Crippen molar-refractivity contribution in [2.24, 2.45) is 11.8 Å². The fourth-order valence-electron chi connectivity index (χ4n) is 6.37. The second kappa shape index (κ2) is 13.1. The molecule has 216 valence electrons. The lowest BCUT2D eigenvalue weighted by Crippen LogP contribution is -2.43. The highest BCUT2D eigenvalue weighted by Gasteiger charge is 2.31. The van der Waals surface area contributed by atoms with Crippen molar-refractivity contribution in [1.29, 1.82) is 0 Å². The third-order valence-electron chi connectivity index (χ3n) is 8.82. The molecule has 1 atom stereocenters. The molecule has 1 aliphatic carbocycles. The predicted molar refractivity (Wildman–Crippen MR) is 165 cm³/mol. The molecule has 1 unspecified atom stereocenters. The zero-order valence-electron chi connectivity index (χ0n) is 23.5. The van der Waals surface area contributed by atoms with Gasteiger partial charge in [-0.2, -0.15) is 0 Å². The number of aromatic nitrogens is 1. The van der Waals surface area contributed by atoms with E-state index in [9.17, 15) is 9.18 Å². The Labute approximate surface area is 253 Å². The van der Waals surface area contributed by atoms with Gasteiger partial charge in [0.15, 0.2) is 0 Å². The predicted octanol–water partition coefficient (Wildman–Crippen LogP) is 8.27. The van der Waals surface area contributed by atoms with Crippen molar-refractivity contribution in [3.8, 4) is 16.9 Å². The average molecular weight is 596 g/mol. The summed E-state index contributed by atoms with van der Waals surface area (Å²) in [5.41, 5.74) is 9.07. The van der Waals surface area contributed by atoms with E-state index in [1.165, 1.54) is 12.1 Å². The number of piperidine rings is 1. The van der Waals surface area contributed by atoms with Gasteiger partial charge in [0.2, 0.25) is 5.91 Å². The highest BCUT2D eigenvalue weighted by atomic mass is 35.5. The number of halogens is 3. The van der Waals surface area contributed by atoms with E-state index in [4.69, 9.17) is 41.5 Å². The minimum absolute atomic E-state index is 0.0561. The first-order valence-corrected chi connectivity index (χ1v) is 15.4. The zero-order chi connectivity index (χ0) is 29.1. The summed E-state index contributed by atoms with van der Waals surface area (Å²) in [6.07, 6.45) is 11.6. The minimum atomic E-state index is -0.610. The third-order valence-corrected chi connectivity index (χ3v) is 9.53. The molecule has 3 aromatic rings. The number of ether oxygens (including phenoxy) is 1. The molecule has 9 heteroatoms. The number of rotatable bonds is 8. The van der Waals surface area contributed by atoms with E-state index < -0.39 is 11.9 Å². The van der Waals surface area contributed by atoms with E-state index in [1.807, 2.05) is 12.1 Å². The van der Waals surface area contributed by atoms with Crippen LogP contribution in [0.25, 0.3) is 11.1 Å². The molecule has 1 saturated carbocycles. The van der Waals surface area contributed by atoms with Crippen LogP contribution in [0.1, 0.15) is 69.6 Å². The highest BCUT2D eigenvalue weighted by Crippen LogP contribution is 2.38. The van der Waals surface area contributed by atoms with Gasteiger partial charge in [0.25, 0.3) is 0 Å². The van der Waals surface area contributed by atoms with Gasteiger partial charge in [0.05, 0.1) is 18.6 Å². The van der Waals surface area contributed by atoms with Gasteiger partial charge >= 0.3 is 0 Å². The van der Waals surface area contributed by atoms with Crippen LogP contribution in [0, 0.1) is 17.7 Å². The molecule has 1 aliphatic heterocycles. The molecule has 1 aromatic heterocycles. The molecular weight excluding hydrogens is 559 g/mol. The first-order chi connectivity index (χ1) is 19.7. The largest absolute Gasteiger partial charge is 0.484 e. The second-order valence-corrected chi connectivity index (χ2v) is 12.3. The van der Waals surface area contributed by atoms with E-state index in [-0.39, 0.29) is 10.9 Å². The third kappa shape index (κ3) is 6.72. The molecule has 2 aromatic carbocycles. The summed E-state index contributed by atoms with van der Waals surface area (Å²) in [5, 5.41) is 0.276. The number of nitrogens with zero attached hydrogens (tertiary/aromatic N) is 2. The molecule has 41 heavy (non-hydrogen) atoms. The van der Waals surface area contributed by atoms with E-state index in [1.54, 1.807) is 13.0 Å². The highest BCUT2D eigenvalue weighted by molar-refractivity contribution is 6.36. The molecule has 2 aliphatic rings. The SMILES string of the molecule is [B]CCC1CCC(C(=O)N2CCC(n3ccc(-c4ccc(N)c(OC(C)c5c(Cl)ccc(F)c5Cl)c4)c3)CC2)CC1. The van der Waals surface area contributed by atoms with Crippen LogP contribution in [0.15, 0.2) is 48.8 Å². The summed E-state index contributed by atoms with van der Waals surface area (Å²) < 4.78 is 22.4. The van der Waals surface area contributed by atoms with Gasteiger partial charge in [0.1, 0.15) is 17.7 Å². The van der Waals surface area contributed by atoms with Crippen LogP contribution in [-0.4, -0.2) is 36.3 Å². The first-order valence-electron chi connectivity index (χ1n) is 14.6. The van der Waals surface area contributed by atoms with Crippen molar-refractivity contribution in [1.82, 2.24) is 9.47 Å². The number of carbonyl (C=O) groups is 1. The zero-order valence-corrected chi connectivity index (χ0v) is 25.0. The van der Waals surface area contributed by atoms with E-state index >= 15 is 0 Å². The lowest BCUT2D eigenvalue weighted by atomic mass is 9.77. The van der Waals surface area contributed by atoms with Gasteiger partial charge in [-0.3, -0.25) is 4.79 Å². The molecule has 1 amide bonds. The molecule has 2 heterocycles. The van der Waals surface area contributed by atoms with Gasteiger partial charge in [-0.15, -0.1) is 0 Å². The summed E-state index contributed by atoms with van der Waals surface area (Å²) in [6.45, 7) is 3.35. The van der Waals surface area contributed by atoms with Crippen LogP contribution in [0.4, 0.5) is 10.1 Å². The van der Waals surface area contributed by atoms with Gasteiger partial charge in [-0.25, -0.2) is 4.39 Å². The fourth-order valence-corrected chi connectivity index (χ4v) is 7.05. The summed E-state index contributed by atoms with van der Waals surface area (Å²) in [5.74, 6) is 1.13. The van der Waals surface area contributed by atoms with Crippen LogP contribution < -0.4 is 10.5 Å². The maximum absolute atomic E-state index is 14.1. The minimum Gasteiger partial charge on any atom is -0.484 e. The molecule has 0 spiro atoms. The van der Waals surface area contributed by atoms with Crippen molar-refractivity contribution in [3.63, 3.8) is 0 Å². The number of hydrogen-bond donors (Lipinski definition) is 1. The average Bonchev–Trinajstić information content (AvgIpc) is 3.47. The number of amides is 1. The summed E-state index contributed by atoms with van der Waals surface area (Å²) in [4.78, 5) is 15.2. The number of nitrogen functional groups attached to an aromatic ring is 1. The van der Waals surface area contributed by atoms with Crippen molar-refractivity contribution in [3.05, 3.63) is 70.2 Å². The lowest BCUT2D eigenvalue weighted by molar-refractivity contribution is -0.138. The van der Waals surface area contributed by atoms with Crippen LogP contribution >= 0.6 is 23.2 Å². The van der Waals surface area contributed by atoms with Crippen LogP contribution in [0.3, 0.4) is 0 Å². The summed E-state index contributed by atoms with van der Waals surface area (Å²) in [7, 11) is 5.72. The fraction of sp³-hybridized carbons (Fsp3) is 0.469. The van der Waals surface area contributed by atoms with Gasteiger partial charge in [-0.1, -0.05) is 42.0 Å². The Morgan fingerprint density at radius 1 is 1.07 bits per heavy atom. The number of likely N-dealkylation sites (tertiary alicyclic amines) is 1. The molecule has 2 fully saturated rings. The van der Waals surface area contributed by atoms with Crippen molar-refractivity contribution >= 4 is 42.6 Å². The number of nitrogens with two attached hydrogens (primary N) is 1. The molecular formula is C32H37BCl2FN3O2. The molecule has 5 nitrogen and oxygen atoms in total. The second-order valence-electron chi connectivity index (χ2n) is 11.5. The maximum Gasteiger partial charge on any atom is 0.225 e. The number of carbonyl (C=O) groups excluding carboxylic acids is 1. The lowest BCUT2D eigenvalue weighted by Gasteiger charge is -2.36.